The van der Waals surface area contributed by atoms with Gasteiger partial charge >= 0.3 is 0 Å². The molecule has 0 radical (unpaired) electrons. The number of fused-ring (bicyclic) bond motifs is 1. The number of hydrogen-bond acceptors (Lipinski definition) is 6. The number of nitrogens with zero attached hydrogens (tertiary/aromatic N) is 1. The molecule has 0 spiro atoms. The highest BCUT2D eigenvalue weighted by molar-refractivity contribution is 8.00. The Morgan fingerprint density at radius 2 is 1.96 bits per heavy atom. The SMILES string of the molecule is CSc1sc(C(=N)N)cc1-c1csc(Nc2ccc3ccccc3c2)n1. The molecule has 0 amide bonds. The fourth-order valence-corrected chi connectivity index (χ4v) is 5.16. The van der Waals surface area contributed by atoms with E-state index in [0.29, 0.717) is 0 Å². The lowest BCUT2D eigenvalue weighted by atomic mass is 10.1. The van der Waals surface area contributed by atoms with Crippen molar-refractivity contribution in [3.63, 3.8) is 0 Å². The molecular formula is C19H16N4S3. The molecule has 0 aliphatic rings. The van der Waals surface area contributed by atoms with Crippen LogP contribution in [0, 0.1) is 5.41 Å². The average Bonchev–Trinajstić information content (AvgIpc) is 3.28. The molecule has 0 unspecified atom stereocenters. The second-order valence-corrected chi connectivity index (χ2v) is 8.64. The third-order valence-corrected chi connectivity index (χ3v) is 6.99. The number of nitrogens with one attached hydrogen (secondary N) is 2. The predicted molar refractivity (Wildman–Crippen MR) is 115 cm³/mol. The Labute approximate surface area is 163 Å². The maximum Gasteiger partial charge on any atom is 0.187 e. The Hall–Kier alpha value is -2.35. The molecule has 0 aliphatic heterocycles. The van der Waals surface area contributed by atoms with Gasteiger partial charge in [-0.3, -0.25) is 5.41 Å². The minimum Gasteiger partial charge on any atom is -0.383 e. The second-order valence-electron chi connectivity index (χ2n) is 5.65. The summed E-state index contributed by atoms with van der Waals surface area (Å²) < 4.78 is 1.12. The van der Waals surface area contributed by atoms with E-state index in [9.17, 15) is 0 Å². The van der Waals surface area contributed by atoms with Crippen LogP contribution in [0.25, 0.3) is 22.0 Å². The van der Waals surface area contributed by atoms with Gasteiger partial charge in [-0.2, -0.15) is 0 Å². The summed E-state index contributed by atoms with van der Waals surface area (Å²) in [6.07, 6.45) is 2.03. The third-order valence-electron chi connectivity index (χ3n) is 3.93. The molecule has 4 N–H and O–H groups in total. The van der Waals surface area contributed by atoms with Gasteiger partial charge in [0.1, 0.15) is 5.84 Å². The lowest BCUT2D eigenvalue weighted by Crippen LogP contribution is -2.08. The molecule has 26 heavy (non-hydrogen) atoms. The summed E-state index contributed by atoms with van der Waals surface area (Å²) in [5.74, 6) is 0.0984. The first-order chi connectivity index (χ1) is 12.6. The average molecular weight is 397 g/mol. The molecule has 0 aliphatic carbocycles. The number of amidine groups is 1. The summed E-state index contributed by atoms with van der Waals surface area (Å²) in [6, 6.07) is 16.5. The highest BCUT2D eigenvalue weighted by atomic mass is 32.2. The Balaban J connectivity index is 1.62. The van der Waals surface area contributed by atoms with Crippen molar-refractivity contribution in [1.82, 2.24) is 4.98 Å². The fraction of sp³-hybridized carbons (Fsp3) is 0.0526. The summed E-state index contributed by atoms with van der Waals surface area (Å²) in [5.41, 5.74) is 8.60. The number of thiophene rings is 1. The van der Waals surface area contributed by atoms with Gasteiger partial charge in [0.2, 0.25) is 0 Å². The second kappa shape index (κ2) is 7.11. The van der Waals surface area contributed by atoms with Gasteiger partial charge in [-0.25, -0.2) is 4.98 Å². The van der Waals surface area contributed by atoms with Crippen molar-refractivity contribution in [1.29, 1.82) is 5.41 Å². The van der Waals surface area contributed by atoms with Gasteiger partial charge in [0.15, 0.2) is 5.13 Å². The van der Waals surface area contributed by atoms with Crippen LogP contribution in [0.5, 0.6) is 0 Å². The molecule has 7 heteroatoms. The molecule has 0 fully saturated rings. The van der Waals surface area contributed by atoms with Gasteiger partial charge in [0.05, 0.1) is 14.8 Å². The maximum atomic E-state index is 7.65. The molecule has 4 aromatic rings. The Bertz CT molecular complexity index is 1100. The Morgan fingerprint density at radius 1 is 1.15 bits per heavy atom. The Morgan fingerprint density at radius 3 is 2.73 bits per heavy atom. The zero-order chi connectivity index (χ0) is 18.1. The minimum atomic E-state index is 0.0984. The zero-order valence-corrected chi connectivity index (χ0v) is 16.4. The highest BCUT2D eigenvalue weighted by Crippen LogP contribution is 2.39. The molecule has 0 saturated heterocycles. The van der Waals surface area contributed by atoms with Crippen molar-refractivity contribution < 1.29 is 0 Å². The summed E-state index contributed by atoms with van der Waals surface area (Å²) in [5, 5.41) is 16.3. The van der Waals surface area contributed by atoms with Gasteiger partial charge in [-0.05, 0) is 35.2 Å². The number of thiazole rings is 1. The quantitative estimate of drug-likeness (QED) is 0.227. The molecule has 0 atom stereocenters. The molecule has 4 rings (SSSR count). The molecule has 4 nitrogen and oxygen atoms in total. The molecule has 2 heterocycles. The number of hydrogen-bond donors (Lipinski definition) is 3. The van der Waals surface area contributed by atoms with Crippen LogP contribution in [0.4, 0.5) is 10.8 Å². The van der Waals surface area contributed by atoms with Crippen LogP contribution in [0.1, 0.15) is 4.88 Å². The van der Waals surface area contributed by atoms with Crippen LogP contribution >= 0.6 is 34.4 Å². The van der Waals surface area contributed by atoms with Crippen molar-refractivity contribution in [3.8, 4) is 11.3 Å². The van der Waals surface area contributed by atoms with Crippen molar-refractivity contribution in [2.45, 2.75) is 4.21 Å². The summed E-state index contributed by atoms with van der Waals surface area (Å²) in [7, 11) is 0. The van der Waals surface area contributed by atoms with Gasteiger partial charge < -0.3 is 11.1 Å². The summed E-state index contributed by atoms with van der Waals surface area (Å²) >= 11 is 4.76. The van der Waals surface area contributed by atoms with E-state index in [-0.39, 0.29) is 5.84 Å². The number of aromatic nitrogens is 1. The summed E-state index contributed by atoms with van der Waals surface area (Å²) in [4.78, 5) is 5.51. The number of thioether (sulfide) groups is 1. The fourth-order valence-electron chi connectivity index (χ4n) is 2.68. The minimum absolute atomic E-state index is 0.0984. The van der Waals surface area contributed by atoms with Crippen LogP contribution in [0.2, 0.25) is 0 Å². The van der Waals surface area contributed by atoms with E-state index in [1.54, 1.807) is 23.1 Å². The molecule has 0 saturated carbocycles. The van der Waals surface area contributed by atoms with E-state index in [1.807, 2.05) is 29.8 Å². The number of nitrogen functional groups attached to an aromatic ring is 1. The molecule has 130 valence electrons. The standard InChI is InChI=1S/C19H16N4S3/c1-24-18-14(9-16(26-18)17(20)21)15-10-25-19(23-15)22-13-7-6-11-4-2-3-5-12(11)8-13/h2-10H,1H3,(H3,20,21)(H,22,23). The first-order valence-electron chi connectivity index (χ1n) is 7.88. The van der Waals surface area contributed by atoms with E-state index in [1.165, 1.54) is 22.1 Å². The predicted octanol–water partition coefficient (Wildman–Crippen LogP) is 5.77. The lowest BCUT2D eigenvalue weighted by Gasteiger charge is -2.04. The lowest BCUT2D eigenvalue weighted by molar-refractivity contribution is 1.38. The number of nitrogens with two attached hydrogens (primary N) is 1. The van der Waals surface area contributed by atoms with Crippen molar-refractivity contribution >= 4 is 61.9 Å². The van der Waals surface area contributed by atoms with Crippen LogP contribution in [0.15, 0.2) is 58.1 Å². The normalized spacial score (nSPS) is 11.0. The largest absolute Gasteiger partial charge is 0.383 e. The molecular weight excluding hydrogens is 380 g/mol. The van der Waals surface area contributed by atoms with Gasteiger partial charge in [0, 0.05) is 16.6 Å². The van der Waals surface area contributed by atoms with E-state index in [0.717, 1.165) is 31.2 Å². The first-order valence-corrected chi connectivity index (χ1v) is 10.8. The van der Waals surface area contributed by atoms with Gasteiger partial charge in [0.25, 0.3) is 0 Å². The maximum absolute atomic E-state index is 7.65. The summed E-state index contributed by atoms with van der Waals surface area (Å²) in [6.45, 7) is 0. The zero-order valence-electron chi connectivity index (χ0n) is 13.9. The molecule has 0 bridgehead atoms. The Kier molecular flexibility index (Phi) is 4.67. The van der Waals surface area contributed by atoms with E-state index < -0.39 is 0 Å². The molecule has 2 aromatic heterocycles. The van der Waals surface area contributed by atoms with Crippen molar-refractivity contribution in [2.75, 3.05) is 11.6 Å². The van der Waals surface area contributed by atoms with Crippen LogP contribution in [-0.4, -0.2) is 17.1 Å². The van der Waals surface area contributed by atoms with Gasteiger partial charge in [-0.15, -0.1) is 34.4 Å². The number of anilines is 2. The topological polar surface area (TPSA) is 74.8 Å². The van der Waals surface area contributed by atoms with Crippen molar-refractivity contribution in [3.05, 3.63) is 58.8 Å². The van der Waals surface area contributed by atoms with Crippen LogP contribution in [-0.2, 0) is 0 Å². The molecule has 2 aromatic carbocycles. The van der Waals surface area contributed by atoms with E-state index in [4.69, 9.17) is 16.1 Å². The van der Waals surface area contributed by atoms with E-state index >= 15 is 0 Å². The highest BCUT2D eigenvalue weighted by Gasteiger charge is 2.15. The van der Waals surface area contributed by atoms with Crippen LogP contribution < -0.4 is 11.1 Å². The number of benzene rings is 2. The van der Waals surface area contributed by atoms with Gasteiger partial charge in [-0.1, -0.05) is 30.3 Å². The number of rotatable bonds is 5. The van der Waals surface area contributed by atoms with Crippen LogP contribution in [0.3, 0.4) is 0 Å². The third kappa shape index (κ3) is 3.33. The van der Waals surface area contributed by atoms with E-state index in [2.05, 4.69) is 35.6 Å². The smallest absolute Gasteiger partial charge is 0.187 e. The monoisotopic (exact) mass is 396 g/mol. The first kappa shape index (κ1) is 17.1. The van der Waals surface area contributed by atoms with Crippen molar-refractivity contribution in [2.24, 2.45) is 5.73 Å².